The average molecular weight is 312 g/mol. The summed E-state index contributed by atoms with van der Waals surface area (Å²) in [7, 11) is 0. The van der Waals surface area contributed by atoms with E-state index in [2.05, 4.69) is 5.32 Å². The van der Waals surface area contributed by atoms with Crippen LogP contribution in [0.4, 0.5) is 0 Å². The van der Waals surface area contributed by atoms with E-state index in [0.717, 1.165) is 18.4 Å². The van der Waals surface area contributed by atoms with Crippen molar-refractivity contribution in [2.24, 2.45) is 0 Å². The van der Waals surface area contributed by atoms with Gasteiger partial charge in [0, 0.05) is 24.7 Å². The molecule has 3 rings (SSSR count). The van der Waals surface area contributed by atoms with Crippen molar-refractivity contribution in [2.75, 3.05) is 13.1 Å². The van der Waals surface area contributed by atoms with Crippen LogP contribution in [0.15, 0.2) is 47.1 Å². The molecule has 0 aliphatic carbocycles. The molecule has 0 unspecified atom stereocenters. The second kappa shape index (κ2) is 6.69. The molecule has 1 fully saturated rings. The molecule has 0 radical (unpaired) electrons. The molecule has 120 valence electrons. The lowest BCUT2D eigenvalue weighted by molar-refractivity contribution is 0.0667. The van der Waals surface area contributed by atoms with E-state index >= 15 is 0 Å². The van der Waals surface area contributed by atoms with E-state index in [9.17, 15) is 9.59 Å². The van der Waals surface area contributed by atoms with Crippen LogP contribution in [0.25, 0.3) is 0 Å². The summed E-state index contributed by atoms with van der Waals surface area (Å²) in [5.41, 5.74) is 1.68. The fraction of sp³-hybridized carbons (Fsp3) is 0.333. The maximum Gasteiger partial charge on any atom is 0.289 e. The van der Waals surface area contributed by atoms with Crippen molar-refractivity contribution in [1.29, 1.82) is 0 Å². The standard InChI is InChI=1S/C18H20N2O3/c1-13-5-2-3-6-15(13)17(21)19-14-8-10-20(11-9-14)18(22)16-7-4-12-23-16/h2-7,12,14H,8-11H2,1H3,(H,19,21). The molecule has 5 heteroatoms. The van der Waals surface area contributed by atoms with Gasteiger partial charge in [0.2, 0.25) is 0 Å². The highest BCUT2D eigenvalue weighted by Crippen LogP contribution is 2.15. The summed E-state index contributed by atoms with van der Waals surface area (Å²) in [6.07, 6.45) is 3.01. The lowest BCUT2D eigenvalue weighted by Gasteiger charge is -2.32. The average Bonchev–Trinajstić information content (AvgIpc) is 3.09. The first-order valence-electron chi connectivity index (χ1n) is 7.84. The number of furan rings is 1. The predicted octanol–water partition coefficient (Wildman–Crippen LogP) is 2.62. The first-order valence-corrected chi connectivity index (χ1v) is 7.84. The molecule has 1 N–H and O–H groups in total. The number of aryl methyl sites for hydroxylation is 1. The maximum atomic E-state index is 12.3. The van der Waals surface area contributed by atoms with Gasteiger partial charge in [-0.05, 0) is 43.5 Å². The fourth-order valence-electron chi connectivity index (χ4n) is 2.87. The summed E-state index contributed by atoms with van der Waals surface area (Å²) in [5, 5.41) is 3.07. The lowest BCUT2D eigenvalue weighted by Crippen LogP contribution is -2.46. The number of likely N-dealkylation sites (tertiary alicyclic amines) is 1. The topological polar surface area (TPSA) is 62.6 Å². The van der Waals surface area contributed by atoms with E-state index in [4.69, 9.17) is 4.42 Å². The predicted molar refractivity (Wildman–Crippen MR) is 86.3 cm³/mol. The summed E-state index contributed by atoms with van der Waals surface area (Å²) in [5.74, 6) is 0.241. The highest BCUT2D eigenvalue weighted by atomic mass is 16.3. The second-order valence-corrected chi connectivity index (χ2v) is 5.83. The molecule has 1 aromatic heterocycles. The first kappa shape index (κ1) is 15.3. The first-order chi connectivity index (χ1) is 11.1. The van der Waals surface area contributed by atoms with Crippen molar-refractivity contribution in [3.8, 4) is 0 Å². The molecular formula is C18H20N2O3. The Morgan fingerprint density at radius 3 is 2.52 bits per heavy atom. The number of rotatable bonds is 3. The molecule has 23 heavy (non-hydrogen) atoms. The quantitative estimate of drug-likeness (QED) is 0.947. The van der Waals surface area contributed by atoms with Crippen LogP contribution in [0.1, 0.15) is 39.3 Å². The van der Waals surface area contributed by atoms with Crippen molar-refractivity contribution in [1.82, 2.24) is 10.2 Å². The van der Waals surface area contributed by atoms with Crippen LogP contribution in [0, 0.1) is 6.92 Å². The minimum atomic E-state index is -0.0846. The zero-order valence-corrected chi connectivity index (χ0v) is 13.1. The van der Waals surface area contributed by atoms with Crippen LogP contribution in [-0.2, 0) is 0 Å². The number of carbonyl (C=O) groups excluding carboxylic acids is 2. The fourth-order valence-corrected chi connectivity index (χ4v) is 2.87. The maximum absolute atomic E-state index is 12.3. The number of benzene rings is 1. The molecule has 0 atom stereocenters. The summed E-state index contributed by atoms with van der Waals surface area (Å²) in [6.45, 7) is 3.18. The van der Waals surface area contributed by atoms with E-state index in [1.165, 1.54) is 6.26 Å². The number of nitrogens with zero attached hydrogens (tertiary/aromatic N) is 1. The smallest absolute Gasteiger partial charge is 0.289 e. The Hall–Kier alpha value is -2.56. The number of nitrogens with one attached hydrogen (secondary N) is 1. The minimum Gasteiger partial charge on any atom is -0.459 e. The van der Waals surface area contributed by atoms with E-state index in [-0.39, 0.29) is 17.9 Å². The molecule has 1 aliphatic rings. The molecule has 2 aromatic rings. The van der Waals surface area contributed by atoms with Gasteiger partial charge >= 0.3 is 0 Å². The summed E-state index contributed by atoms with van der Waals surface area (Å²) < 4.78 is 5.15. The summed E-state index contributed by atoms with van der Waals surface area (Å²) in [6, 6.07) is 11.0. The third kappa shape index (κ3) is 3.44. The van der Waals surface area contributed by atoms with Crippen molar-refractivity contribution < 1.29 is 14.0 Å². The zero-order valence-electron chi connectivity index (χ0n) is 13.1. The van der Waals surface area contributed by atoms with Crippen molar-refractivity contribution in [2.45, 2.75) is 25.8 Å². The molecule has 2 amide bonds. The monoisotopic (exact) mass is 312 g/mol. The zero-order chi connectivity index (χ0) is 16.2. The molecule has 1 aromatic carbocycles. The van der Waals surface area contributed by atoms with Crippen LogP contribution < -0.4 is 5.32 Å². The van der Waals surface area contributed by atoms with E-state index < -0.39 is 0 Å². The molecule has 1 aliphatic heterocycles. The number of piperidine rings is 1. The molecular weight excluding hydrogens is 292 g/mol. The number of amides is 2. The lowest BCUT2D eigenvalue weighted by atomic mass is 10.0. The van der Waals surface area contributed by atoms with Crippen LogP contribution in [0.5, 0.6) is 0 Å². The van der Waals surface area contributed by atoms with Crippen LogP contribution >= 0.6 is 0 Å². The van der Waals surface area contributed by atoms with Gasteiger partial charge in [-0.25, -0.2) is 0 Å². The van der Waals surface area contributed by atoms with Gasteiger partial charge in [-0.2, -0.15) is 0 Å². The largest absolute Gasteiger partial charge is 0.459 e. The van der Waals surface area contributed by atoms with Gasteiger partial charge in [-0.3, -0.25) is 9.59 Å². The highest BCUT2D eigenvalue weighted by Gasteiger charge is 2.26. The van der Waals surface area contributed by atoms with E-state index in [0.29, 0.717) is 24.4 Å². The Kier molecular flexibility index (Phi) is 4.46. The normalized spacial score (nSPS) is 15.4. The van der Waals surface area contributed by atoms with Crippen molar-refractivity contribution in [3.63, 3.8) is 0 Å². The second-order valence-electron chi connectivity index (χ2n) is 5.83. The Bertz CT molecular complexity index is 686. The Morgan fingerprint density at radius 1 is 1.13 bits per heavy atom. The Balaban J connectivity index is 1.54. The van der Waals surface area contributed by atoms with Gasteiger partial charge in [-0.15, -0.1) is 0 Å². The molecule has 2 heterocycles. The summed E-state index contributed by atoms with van der Waals surface area (Å²) >= 11 is 0. The van der Waals surface area contributed by atoms with E-state index in [1.807, 2.05) is 31.2 Å². The molecule has 0 spiro atoms. The van der Waals surface area contributed by atoms with Gasteiger partial charge in [0.05, 0.1) is 6.26 Å². The van der Waals surface area contributed by atoms with Crippen molar-refractivity contribution >= 4 is 11.8 Å². The molecule has 0 saturated carbocycles. The number of carbonyl (C=O) groups is 2. The van der Waals surface area contributed by atoms with Crippen molar-refractivity contribution in [3.05, 3.63) is 59.5 Å². The highest BCUT2D eigenvalue weighted by molar-refractivity contribution is 5.95. The molecule has 1 saturated heterocycles. The van der Waals surface area contributed by atoms with Gasteiger partial charge in [0.1, 0.15) is 0 Å². The SMILES string of the molecule is Cc1ccccc1C(=O)NC1CCN(C(=O)c2ccco2)CC1. The van der Waals surface area contributed by atoms with Gasteiger partial charge in [0.25, 0.3) is 11.8 Å². The third-order valence-corrected chi connectivity index (χ3v) is 4.24. The minimum absolute atomic E-state index is 0.0427. The number of hydrogen-bond donors (Lipinski definition) is 1. The summed E-state index contributed by atoms with van der Waals surface area (Å²) in [4.78, 5) is 26.3. The molecule has 5 nitrogen and oxygen atoms in total. The Morgan fingerprint density at radius 2 is 1.87 bits per heavy atom. The number of hydrogen-bond acceptors (Lipinski definition) is 3. The van der Waals surface area contributed by atoms with Gasteiger partial charge in [-0.1, -0.05) is 18.2 Å². The van der Waals surface area contributed by atoms with E-state index in [1.54, 1.807) is 17.0 Å². The van der Waals surface area contributed by atoms with Gasteiger partial charge < -0.3 is 14.6 Å². The van der Waals surface area contributed by atoms with Crippen LogP contribution in [0.2, 0.25) is 0 Å². The van der Waals surface area contributed by atoms with Crippen LogP contribution in [0.3, 0.4) is 0 Å². The Labute approximate surface area is 135 Å². The van der Waals surface area contributed by atoms with Crippen LogP contribution in [-0.4, -0.2) is 35.8 Å². The van der Waals surface area contributed by atoms with Gasteiger partial charge in [0.15, 0.2) is 5.76 Å². The third-order valence-electron chi connectivity index (χ3n) is 4.24. The molecule has 0 bridgehead atoms.